The molecule has 28 heavy (non-hydrogen) atoms. The summed E-state index contributed by atoms with van der Waals surface area (Å²) in [6, 6.07) is 15.7. The first-order chi connectivity index (χ1) is 13.5. The van der Waals surface area contributed by atoms with Gasteiger partial charge in [0.2, 0.25) is 0 Å². The number of hydrogen-bond donors (Lipinski definition) is 3. The lowest BCUT2D eigenvalue weighted by molar-refractivity contribution is 0.221. The highest BCUT2D eigenvalue weighted by atomic mass is 19.1. The van der Waals surface area contributed by atoms with E-state index in [2.05, 4.69) is 22.2 Å². The third-order valence-electron chi connectivity index (χ3n) is 4.89. The van der Waals surface area contributed by atoms with E-state index in [1.54, 1.807) is 48.3 Å². The highest BCUT2D eigenvalue weighted by Crippen LogP contribution is 2.24. The summed E-state index contributed by atoms with van der Waals surface area (Å²) in [6.07, 6.45) is 2.70. The fourth-order valence-electron chi connectivity index (χ4n) is 3.29. The molecule has 6 nitrogen and oxygen atoms in total. The van der Waals surface area contributed by atoms with Gasteiger partial charge in [-0.05, 0) is 55.2 Å². The highest BCUT2D eigenvalue weighted by molar-refractivity contribution is 5.89. The number of amides is 2. The SMILES string of the molecule is CN(CCCC1CC(c2ccc(F)cc2)NN1)C(=O)Nc1cccc(C#N)c1. The minimum absolute atomic E-state index is 0.166. The summed E-state index contributed by atoms with van der Waals surface area (Å²) in [5, 5.41) is 11.7. The molecule has 146 valence electrons. The van der Waals surface area contributed by atoms with E-state index in [4.69, 9.17) is 5.26 Å². The number of nitrogens with zero attached hydrogens (tertiary/aromatic N) is 2. The number of hydrazine groups is 1. The fraction of sp³-hybridized carbons (Fsp3) is 0.333. The monoisotopic (exact) mass is 381 g/mol. The fourth-order valence-corrected chi connectivity index (χ4v) is 3.29. The summed E-state index contributed by atoms with van der Waals surface area (Å²) in [5.74, 6) is -0.230. The molecule has 0 saturated carbocycles. The van der Waals surface area contributed by atoms with Crippen LogP contribution in [0.5, 0.6) is 0 Å². The van der Waals surface area contributed by atoms with Gasteiger partial charge in [-0.3, -0.25) is 10.9 Å². The van der Waals surface area contributed by atoms with Gasteiger partial charge in [-0.15, -0.1) is 0 Å². The van der Waals surface area contributed by atoms with Gasteiger partial charge in [0.05, 0.1) is 11.6 Å². The standard InChI is InChI=1S/C21H24FN5O/c1-27(21(28)24-18-5-2-4-15(12-18)14-23)11-3-6-19-13-20(26-25-19)16-7-9-17(22)10-8-16/h2,4-5,7-10,12,19-20,25-26H,3,6,11,13H2,1H3,(H,24,28). The number of rotatable bonds is 6. The molecule has 2 atom stereocenters. The minimum atomic E-state index is -0.230. The van der Waals surface area contributed by atoms with E-state index in [9.17, 15) is 9.18 Å². The van der Waals surface area contributed by atoms with Crippen molar-refractivity contribution in [1.82, 2.24) is 15.8 Å². The Bertz CT molecular complexity index is 849. The maximum absolute atomic E-state index is 13.0. The Labute approximate surface area is 164 Å². The van der Waals surface area contributed by atoms with E-state index in [0.717, 1.165) is 24.8 Å². The predicted molar refractivity (Wildman–Crippen MR) is 106 cm³/mol. The molecule has 0 aliphatic carbocycles. The number of urea groups is 1. The Kier molecular flexibility index (Phi) is 6.58. The molecule has 0 radical (unpaired) electrons. The molecule has 2 aromatic rings. The lowest BCUT2D eigenvalue weighted by Gasteiger charge is -2.19. The number of carbonyl (C=O) groups excluding carboxylic acids is 1. The molecule has 1 fully saturated rings. The Morgan fingerprint density at radius 2 is 2.07 bits per heavy atom. The number of anilines is 1. The zero-order chi connectivity index (χ0) is 19.9. The van der Waals surface area contributed by atoms with Gasteiger partial charge in [-0.25, -0.2) is 9.18 Å². The van der Waals surface area contributed by atoms with E-state index in [-0.39, 0.29) is 17.9 Å². The summed E-state index contributed by atoms with van der Waals surface area (Å²) in [7, 11) is 1.76. The first kappa shape index (κ1) is 19.8. The number of carbonyl (C=O) groups is 1. The Morgan fingerprint density at radius 1 is 1.29 bits per heavy atom. The van der Waals surface area contributed by atoms with Crippen LogP contribution in [0.2, 0.25) is 0 Å². The van der Waals surface area contributed by atoms with Crippen molar-refractivity contribution in [3.05, 3.63) is 65.5 Å². The van der Waals surface area contributed by atoms with Crippen molar-refractivity contribution in [3.8, 4) is 6.07 Å². The van der Waals surface area contributed by atoms with Gasteiger partial charge in [0.25, 0.3) is 0 Å². The van der Waals surface area contributed by atoms with Crippen molar-refractivity contribution >= 4 is 11.7 Å². The van der Waals surface area contributed by atoms with Crippen LogP contribution in [0.4, 0.5) is 14.9 Å². The van der Waals surface area contributed by atoms with E-state index in [1.807, 2.05) is 0 Å². The van der Waals surface area contributed by atoms with Crippen LogP contribution < -0.4 is 16.2 Å². The molecule has 1 heterocycles. The Hall–Kier alpha value is -2.95. The molecule has 0 spiro atoms. The molecule has 3 rings (SSSR count). The largest absolute Gasteiger partial charge is 0.328 e. The second-order valence-corrected chi connectivity index (χ2v) is 7.01. The van der Waals surface area contributed by atoms with Crippen LogP contribution in [0.25, 0.3) is 0 Å². The van der Waals surface area contributed by atoms with Crippen molar-refractivity contribution in [2.24, 2.45) is 0 Å². The molecule has 1 aliphatic heterocycles. The minimum Gasteiger partial charge on any atom is -0.328 e. The second-order valence-electron chi connectivity index (χ2n) is 7.01. The molecular weight excluding hydrogens is 357 g/mol. The van der Waals surface area contributed by atoms with E-state index in [1.165, 1.54) is 12.1 Å². The molecule has 2 amide bonds. The van der Waals surface area contributed by atoms with Gasteiger partial charge in [0, 0.05) is 31.4 Å². The predicted octanol–water partition coefficient (Wildman–Crippen LogP) is 3.55. The molecule has 0 aromatic heterocycles. The normalized spacial score (nSPS) is 18.5. The zero-order valence-corrected chi connectivity index (χ0v) is 15.8. The van der Waals surface area contributed by atoms with E-state index >= 15 is 0 Å². The quantitative estimate of drug-likeness (QED) is 0.715. The van der Waals surface area contributed by atoms with Crippen LogP contribution in [0.15, 0.2) is 48.5 Å². The first-order valence-electron chi connectivity index (χ1n) is 9.34. The van der Waals surface area contributed by atoms with Crippen molar-refractivity contribution < 1.29 is 9.18 Å². The first-order valence-corrected chi connectivity index (χ1v) is 9.34. The van der Waals surface area contributed by atoms with Crippen molar-refractivity contribution in [1.29, 1.82) is 5.26 Å². The average Bonchev–Trinajstić information content (AvgIpc) is 3.17. The van der Waals surface area contributed by atoms with Crippen LogP contribution in [0, 0.1) is 17.1 Å². The maximum Gasteiger partial charge on any atom is 0.321 e. The van der Waals surface area contributed by atoms with E-state index < -0.39 is 0 Å². The lowest BCUT2D eigenvalue weighted by Crippen LogP contribution is -2.34. The third-order valence-corrected chi connectivity index (χ3v) is 4.89. The number of halogens is 1. The van der Waals surface area contributed by atoms with Crippen molar-refractivity contribution in [2.45, 2.75) is 31.3 Å². The van der Waals surface area contributed by atoms with Crippen LogP contribution in [0.1, 0.15) is 36.4 Å². The van der Waals surface area contributed by atoms with Gasteiger partial charge in [-0.2, -0.15) is 5.26 Å². The van der Waals surface area contributed by atoms with Gasteiger partial charge >= 0.3 is 6.03 Å². The summed E-state index contributed by atoms with van der Waals surface area (Å²) < 4.78 is 13.0. The summed E-state index contributed by atoms with van der Waals surface area (Å²) >= 11 is 0. The smallest absolute Gasteiger partial charge is 0.321 e. The summed E-state index contributed by atoms with van der Waals surface area (Å²) in [4.78, 5) is 13.9. The van der Waals surface area contributed by atoms with Gasteiger partial charge < -0.3 is 10.2 Å². The van der Waals surface area contributed by atoms with Crippen molar-refractivity contribution in [3.63, 3.8) is 0 Å². The Morgan fingerprint density at radius 3 is 2.82 bits per heavy atom. The van der Waals surface area contributed by atoms with Gasteiger partial charge in [0.1, 0.15) is 5.82 Å². The summed E-state index contributed by atoms with van der Waals surface area (Å²) in [6.45, 7) is 0.628. The maximum atomic E-state index is 13.0. The Balaban J connectivity index is 1.40. The van der Waals surface area contributed by atoms with Crippen LogP contribution in [0.3, 0.4) is 0 Å². The van der Waals surface area contributed by atoms with Crippen LogP contribution in [-0.2, 0) is 0 Å². The van der Waals surface area contributed by atoms with Gasteiger partial charge in [-0.1, -0.05) is 18.2 Å². The molecule has 0 bridgehead atoms. The lowest BCUT2D eigenvalue weighted by atomic mass is 10.00. The third kappa shape index (κ3) is 5.28. The van der Waals surface area contributed by atoms with E-state index in [0.29, 0.717) is 23.8 Å². The van der Waals surface area contributed by atoms with Crippen molar-refractivity contribution in [2.75, 3.05) is 18.9 Å². The molecular formula is C21H24FN5O. The topological polar surface area (TPSA) is 80.2 Å². The number of hydrogen-bond acceptors (Lipinski definition) is 4. The number of nitrogens with one attached hydrogen (secondary N) is 3. The molecule has 7 heteroatoms. The molecule has 3 N–H and O–H groups in total. The van der Waals surface area contributed by atoms with Crippen LogP contribution >= 0.6 is 0 Å². The van der Waals surface area contributed by atoms with Gasteiger partial charge in [0.15, 0.2) is 0 Å². The zero-order valence-electron chi connectivity index (χ0n) is 15.8. The highest BCUT2D eigenvalue weighted by Gasteiger charge is 2.24. The number of benzene rings is 2. The molecule has 2 unspecified atom stereocenters. The van der Waals surface area contributed by atoms with Crippen LogP contribution in [-0.4, -0.2) is 30.6 Å². The second kappa shape index (κ2) is 9.31. The average molecular weight is 381 g/mol. The molecule has 2 aromatic carbocycles. The number of nitriles is 1. The molecule has 1 aliphatic rings. The molecule has 1 saturated heterocycles. The summed E-state index contributed by atoms with van der Waals surface area (Å²) in [5.41, 5.74) is 8.72.